The van der Waals surface area contributed by atoms with E-state index in [1.54, 1.807) is 32.2 Å². The highest BCUT2D eigenvalue weighted by molar-refractivity contribution is 5.94. The Hall–Kier alpha value is -2.68. The lowest BCUT2D eigenvalue weighted by Crippen LogP contribution is -2.44. The number of hydrogen-bond acceptors (Lipinski definition) is 4. The van der Waals surface area contributed by atoms with Gasteiger partial charge < -0.3 is 10.4 Å². The van der Waals surface area contributed by atoms with Crippen LogP contribution in [0.3, 0.4) is 0 Å². The van der Waals surface area contributed by atoms with E-state index < -0.39 is 5.60 Å². The van der Waals surface area contributed by atoms with Gasteiger partial charge in [-0.15, -0.1) is 0 Å². The highest BCUT2D eigenvalue weighted by Gasteiger charge is 2.21. The van der Waals surface area contributed by atoms with Crippen molar-refractivity contribution < 1.29 is 9.90 Å². The van der Waals surface area contributed by atoms with E-state index in [0.29, 0.717) is 5.56 Å². The van der Waals surface area contributed by atoms with Crippen LogP contribution in [-0.4, -0.2) is 45.6 Å². The van der Waals surface area contributed by atoms with Crippen LogP contribution < -0.4 is 5.32 Å². The Morgan fingerprint density at radius 2 is 2.07 bits per heavy atom. The molecule has 1 saturated heterocycles. The average molecular weight is 377 g/mol. The van der Waals surface area contributed by atoms with Crippen molar-refractivity contribution in [1.82, 2.24) is 15.2 Å². The van der Waals surface area contributed by atoms with Crippen molar-refractivity contribution in [2.45, 2.75) is 44.9 Å². The summed E-state index contributed by atoms with van der Waals surface area (Å²) in [7, 11) is 0. The first kappa shape index (κ1) is 20.1. The number of hydrogen-bond donors (Lipinski definition) is 2. The predicted octanol–water partition coefficient (Wildman–Crippen LogP) is 2.60. The number of pyridine rings is 1. The van der Waals surface area contributed by atoms with Crippen LogP contribution in [0.5, 0.6) is 0 Å². The van der Waals surface area contributed by atoms with Crippen molar-refractivity contribution >= 4 is 5.91 Å². The fourth-order valence-electron chi connectivity index (χ4n) is 3.22. The molecule has 1 aliphatic rings. The zero-order valence-electron chi connectivity index (χ0n) is 16.5. The van der Waals surface area contributed by atoms with Crippen LogP contribution in [0, 0.1) is 11.8 Å². The van der Waals surface area contributed by atoms with Gasteiger partial charge in [-0.2, -0.15) is 0 Å². The molecular weight excluding hydrogens is 350 g/mol. The third-order valence-electron chi connectivity index (χ3n) is 4.69. The van der Waals surface area contributed by atoms with Crippen LogP contribution in [0.1, 0.15) is 48.2 Å². The van der Waals surface area contributed by atoms with Crippen LogP contribution >= 0.6 is 0 Å². The molecule has 1 amide bonds. The number of likely N-dealkylation sites (tertiary alicyclic amines) is 1. The van der Waals surface area contributed by atoms with E-state index in [1.807, 2.05) is 24.4 Å². The van der Waals surface area contributed by atoms with E-state index in [0.717, 1.165) is 38.0 Å². The normalized spacial score (nSPS) is 15.5. The summed E-state index contributed by atoms with van der Waals surface area (Å²) >= 11 is 0. The van der Waals surface area contributed by atoms with E-state index >= 15 is 0 Å². The van der Waals surface area contributed by atoms with Crippen LogP contribution in [0.15, 0.2) is 48.8 Å². The first-order valence-electron chi connectivity index (χ1n) is 9.67. The van der Waals surface area contributed by atoms with Gasteiger partial charge in [-0.1, -0.05) is 24.0 Å². The molecule has 146 valence electrons. The van der Waals surface area contributed by atoms with E-state index in [4.69, 9.17) is 0 Å². The minimum absolute atomic E-state index is 0.0716. The molecule has 0 aliphatic carbocycles. The molecule has 0 spiro atoms. The van der Waals surface area contributed by atoms with Gasteiger partial charge in [0.1, 0.15) is 5.60 Å². The first-order chi connectivity index (χ1) is 13.4. The number of nitrogens with one attached hydrogen (secondary N) is 1. The maximum absolute atomic E-state index is 12.6. The van der Waals surface area contributed by atoms with Crippen LogP contribution in [0.4, 0.5) is 0 Å². The minimum Gasteiger partial charge on any atom is -0.378 e. The lowest BCUT2D eigenvalue weighted by molar-refractivity contribution is 0.0909. The molecular formula is C23H27N3O2. The van der Waals surface area contributed by atoms with Crippen molar-refractivity contribution in [2.75, 3.05) is 13.1 Å². The van der Waals surface area contributed by atoms with E-state index in [-0.39, 0.29) is 11.9 Å². The molecule has 2 N–H and O–H groups in total. The van der Waals surface area contributed by atoms with E-state index in [2.05, 4.69) is 33.1 Å². The zero-order valence-corrected chi connectivity index (χ0v) is 16.5. The summed E-state index contributed by atoms with van der Waals surface area (Å²) in [4.78, 5) is 19.2. The third-order valence-corrected chi connectivity index (χ3v) is 4.69. The number of rotatable bonds is 4. The summed E-state index contributed by atoms with van der Waals surface area (Å²) in [5.74, 6) is 5.62. The van der Waals surface area contributed by atoms with Gasteiger partial charge in [-0.3, -0.25) is 14.7 Å². The molecule has 0 bridgehead atoms. The molecule has 0 radical (unpaired) electrons. The third kappa shape index (κ3) is 6.19. The summed E-state index contributed by atoms with van der Waals surface area (Å²) in [5, 5.41) is 12.9. The molecule has 1 aliphatic heterocycles. The fraction of sp³-hybridized carbons (Fsp3) is 0.391. The standard InChI is InChI=1S/C23H27N3O2/c1-23(2,28)11-8-18-5-3-7-20(15-18)22(27)25-21-9-13-26(14-10-21)17-19-6-4-12-24-16-19/h3-7,12,15-16,21,28H,9-10,13-14,17H2,1-2H3,(H,25,27). The summed E-state index contributed by atoms with van der Waals surface area (Å²) < 4.78 is 0. The molecule has 5 heteroatoms. The first-order valence-corrected chi connectivity index (χ1v) is 9.67. The topological polar surface area (TPSA) is 65.5 Å². The molecule has 0 unspecified atom stereocenters. The predicted molar refractivity (Wildman–Crippen MR) is 110 cm³/mol. The summed E-state index contributed by atoms with van der Waals surface area (Å²) in [5.41, 5.74) is 1.48. The smallest absolute Gasteiger partial charge is 0.251 e. The van der Waals surface area contributed by atoms with Crippen molar-refractivity contribution in [2.24, 2.45) is 0 Å². The van der Waals surface area contributed by atoms with Crippen LogP contribution in [0.2, 0.25) is 0 Å². The molecule has 1 fully saturated rings. The lowest BCUT2D eigenvalue weighted by Gasteiger charge is -2.32. The number of benzene rings is 1. The van der Waals surface area contributed by atoms with Gasteiger partial charge in [0.2, 0.25) is 0 Å². The van der Waals surface area contributed by atoms with Crippen molar-refractivity contribution in [3.05, 3.63) is 65.5 Å². The van der Waals surface area contributed by atoms with Gasteiger partial charge in [-0.25, -0.2) is 0 Å². The average Bonchev–Trinajstić information content (AvgIpc) is 2.68. The van der Waals surface area contributed by atoms with E-state index in [9.17, 15) is 9.90 Å². The fourth-order valence-corrected chi connectivity index (χ4v) is 3.22. The molecule has 0 saturated carbocycles. The second-order valence-corrected chi connectivity index (χ2v) is 7.77. The van der Waals surface area contributed by atoms with Gasteiger partial charge in [0.25, 0.3) is 5.91 Å². The molecule has 0 atom stereocenters. The number of amides is 1. The molecule has 1 aromatic carbocycles. The molecule has 3 rings (SSSR count). The van der Waals surface area contributed by atoms with Crippen LogP contribution in [-0.2, 0) is 6.54 Å². The van der Waals surface area contributed by atoms with Gasteiger partial charge in [0, 0.05) is 49.2 Å². The molecule has 2 heterocycles. The van der Waals surface area contributed by atoms with Gasteiger partial charge >= 0.3 is 0 Å². The van der Waals surface area contributed by atoms with Gasteiger partial charge in [-0.05, 0) is 56.5 Å². The Labute approximate surface area is 166 Å². The Bertz CT molecular complexity index is 855. The summed E-state index contributed by atoms with van der Waals surface area (Å²) in [6, 6.07) is 11.5. The summed E-state index contributed by atoms with van der Waals surface area (Å²) in [6.45, 7) is 6.08. The SMILES string of the molecule is CC(C)(O)C#Cc1cccc(C(=O)NC2CCN(Cc3cccnc3)CC2)c1. The molecule has 2 aromatic rings. The quantitative estimate of drug-likeness (QED) is 0.804. The number of aliphatic hydroxyl groups is 1. The Morgan fingerprint density at radius 1 is 1.29 bits per heavy atom. The molecule has 1 aromatic heterocycles. The van der Waals surface area contributed by atoms with Crippen molar-refractivity contribution in [3.63, 3.8) is 0 Å². The van der Waals surface area contributed by atoms with E-state index in [1.165, 1.54) is 5.56 Å². The maximum Gasteiger partial charge on any atom is 0.251 e. The maximum atomic E-state index is 12.6. The Balaban J connectivity index is 1.52. The lowest BCUT2D eigenvalue weighted by atomic mass is 10.0. The van der Waals surface area contributed by atoms with Crippen LogP contribution in [0.25, 0.3) is 0 Å². The summed E-state index contributed by atoms with van der Waals surface area (Å²) in [6.07, 6.45) is 5.56. The van der Waals surface area contributed by atoms with Gasteiger partial charge in [0.15, 0.2) is 0 Å². The number of carbonyl (C=O) groups excluding carboxylic acids is 1. The highest BCUT2D eigenvalue weighted by Crippen LogP contribution is 2.14. The molecule has 5 nitrogen and oxygen atoms in total. The molecule has 28 heavy (non-hydrogen) atoms. The highest BCUT2D eigenvalue weighted by atomic mass is 16.3. The largest absolute Gasteiger partial charge is 0.378 e. The second kappa shape index (κ2) is 9.01. The number of piperidine rings is 1. The van der Waals surface area contributed by atoms with Crippen molar-refractivity contribution in [3.8, 4) is 11.8 Å². The van der Waals surface area contributed by atoms with Gasteiger partial charge in [0.05, 0.1) is 0 Å². The minimum atomic E-state index is -1.05. The Morgan fingerprint density at radius 3 is 2.75 bits per heavy atom. The monoisotopic (exact) mass is 377 g/mol. The number of nitrogens with zero attached hydrogens (tertiary/aromatic N) is 2. The Kier molecular flexibility index (Phi) is 6.45. The zero-order chi connectivity index (χ0) is 20.0. The second-order valence-electron chi connectivity index (χ2n) is 7.77. The van der Waals surface area contributed by atoms with Crippen molar-refractivity contribution in [1.29, 1.82) is 0 Å². The number of aromatic nitrogens is 1. The number of carbonyl (C=O) groups is 1.